The number of hydrogen-bond acceptors (Lipinski definition) is 5. The van der Waals surface area contributed by atoms with Crippen molar-refractivity contribution in [1.82, 2.24) is 34.6 Å². The molecule has 0 bridgehead atoms. The molecule has 0 radical (unpaired) electrons. The highest BCUT2D eigenvalue weighted by atomic mass is 16.1. The Hall–Kier alpha value is -3.55. The first kappa shape index (κ1) is 19.4. The van der Waals surface area contributed by atoms with Gasteiger partial charge in [0.1, 0.15) is 24.0 Å². The van der Waals surface area contributed by atoms with E-state index in [1.165, 1.54) is 12.7 Å². The van der Waals surface area contributed by atoms with Crippen molar-refractivity contribution in [1.29, 1.82) is 0 Å². The number of aryl methyl sites for hydroxylation is 3. The van der Waals surface area contributed by atoms with Crippen molar-refractivity contribution in [2.75, 3.05) is 0 Å². The Morgan fingerprint density at radius 1 is 1.13 bits per heavy atom. The Labute approximate surface area is 180 Å². The number of carbonyl (C=O) groups is 1. The van der Waals surface area contributed by atoms with E-state index in [0.717, 1.165) is 54.2 Å². The molecule has 1 aromatic carbocycles. The molecular weight excluding hydrogens is 390 g/mol. The SMILES string of the molecule is Cc1cc(C(=O)NC(C)c2ccc(-n3cncn3)cc2)c2nc3n(c2n1)CCCCC3. The van der Waals surface area contributed by atoms with Gasteiger partial charge in [0.05, 0.1) is 17.3 Å². The van der Waals surface area contributed by atoms with Crippen molar-refractivity contribution in [3.8, 4) is 5.69 Å². The monoisotopic (exact) mass is 415 g/mol. The summed E-state index contributed by atoms with van der Waals surface area (Å²) in [6.07, 6.45) is 7.55. The second-order valence-electron chi connectivity index (χ2n) is 8.10. The molecule has 31 heavy (non-hydrogen) atoms. The fourth-order valence-electron chi connectivity index (χ4n) is 4.20. The molecule has 4 aromatic rings. The number of pyridine rings is 1. The zero-order valence-electron chi connectivity index (χ0n) is 17.7. The van der Waals surface area contributed by atoms with Crippen molar-refractivity contribution in [3.05, 3.63) is 65.6 Å². The molecule has 5 rings (SSSR count). The van der Waals surface area contributed by atoms with Crippen molar-refractivity contribution in [3.63, 3.8) is 0 Å². The minimum atomic E-state index is -0.152. The van der Waals surface area contributed by atoms with Gasteiger partial charge in [-0.3, -0.25) is 4.79 Å². The van der Waals surface area contributed by atoms with Crippen LogP contribution in [0.3, 0.4) is 0 Å². The van der Waals surface area contributed by atoms with Gasteiger partial charge in [-0.25, -0.2) is 19.6 Å². The van der Waals surface area contributed by atoms with E-state index in [9.17, 15) is 4.79 Å². The average Bonchev–Trinajstić information content (AvgIpc) is 3.36. The van der Waals surface area contributed by atoms with E-state index in [0.29, 0.717) is 11.1 Å². The fourth-order valence-corrected chi connectivity index (χ4v) is 4.20. The third kappa shape index (κ3) is 3.69. The highest BCUT2D eigenvalue weighted by Gasteiger charge is 2.22. The van der Waals surface area contributed by atoms with E-state index in [1.807, 2.05) is 44.2 Å². The molecule has 1 atom stereocenters. The number of amides is 1. The number of hydrogen-bond donors (Lipinski definition) is 1. The molecule has 1 aliphatic heterocycles. The fraction of sp³-hybridized carbons (Fsp3) is 0.348. The lowest BCUT2D eigenvalue weighted by molar-refractivity contribution is 0.0941. The predicted octanol–water partition coefficient (Wildman–Crippen LogP) is 3.54. The summed E-state index contributed by atoms with van der Waals surface area (Å²) in [5.41, 5.74) is 4.88. The largest absolute Gasteiger partial charge is 0.345 e. The summed E-state index contributed by atoms with van der Waals surface area (Å²) in [6, 6.07) is 9.61. The molecule has 1 unspecified atom stereocenters. The van der Waals surface area contributed by atoms with Crippen LogP contribution in [0.5, 0.6) is 0 Å². The first-order valence-corrected chi connectivity index (χ1v) is 10.7. The lowest BCUT2D eigenvalue weighted by atomic mass is 10.1. The maximum Gasteiger partial charge on any atom is 0.254 e. The number of imidazole rings is 1. The molecule has 1 amide bonds. The highest BCUT2D eigenvalue weighted by molar-refractivity contribution is 6.04. The molecule has 3 aromatic heterocycles. The highest BCUT2D eigenvalue weighted by Crippen LogP contribution is 2.25. The molecule has 0 saturated heterocycles. The summed E-state index contributed by atoms with van der Waals surface area (Å²) in [6.45, 7) is 4.83. The average molecular weight is 416 g/mol. The normalized spacial score (nSPS) is 14.8. The molecule has 1 N–H and O–H groups in total. The molecule has 0 fully saturated rings. The van der Waals surface area contributed by atoms with Crippen LogP contribution < -0.4 is 5.32 Å². The van der Waals surface area contributed by atoms with E-state index < -0.39 is 0 Å². The Kier molecular flexibility index (Phi) is 4.97. The molecule has 1 aliphatic rings. The number of rotatable bonds is 4. The van der Waals surface area contributed by atoms with Crippen LogP contribution in [-0.2, 0) is 13.0 Å². The van der Waals surface area contributed by atoms with Gasteiger partial charge < -0.3 is 9.88 Å². The molecule has 0 spiro atoms. The Morgan fingerprint density at radius 2 is 1.97 bits per heavy atom. The van der Waals surface area contributed by atoms with Crippen LogP contribution >= 0.6 is 0 Å². The second kappa shape index (κ2) is 7.94. The number of fused-ring (bicyclic) bond motifs is 3. The standard InChI is InChI=1S/C23H25N7O/c1-15-12-19(21-22(26-15)29-11-5-3-4-6-20(29)28-21)23(31)27-16(2)17-7-9-18(10-8-17)30-14-24-13-25-30/h7-10,12-14,16H,3-6,11H2,1-2H3,(H,27,31). The van der Waals surface area contributed by atoms with Gasteiger partial charge in [0.15, 0.2) is 5.65 Å². The molecule has 0 saturated carbocycles. The second-order valence-corrected chi connectivity index (χ2v) is 8.10. The van der Waals surface area contributed by atoms with Crippen molar-refractivity contribution >= 4 is 17.1 Å². The third-order valence-electron chi connectivity index (χ3n) is 5.86. The van der Waals surface area contributed by atoms with Crippen molar-refractivity contribution in [2.45, 2.75) is 52.1 Å². The molecule has 4 heterocycles. The Bertz CT molecular complexity index is 1230. The smallest absolute Gasteiger partial charge is 0.254 e. The lowest BCUT2D eigenvalue weighted by Gasteiger charge is -2.15. The number of aromatic nitrogens is 6. The Balaban J connectivity index is 1.41. The van der Waals surface area contributed by atoms with Gasteiger partial charge >= 0.3 is 0 Å². The van der Waals surface area contributed by atoms with E-state index in [2.05, 4.69) is 20.0 Å². The molecule has 0 aliphatic carbocycles. The third-order valence-corrected chi connectivity index (χ3v) is 5.86. The van der Waals surface area contributed by atoms with E-state index >= 15 is 0 Å². The van der Waals surface area contributed by atoms with Gasteiger partial charge in [0.25, 0.3) is 5.91 Å². The summed E-state index contributed by atoms with van der Waals surface area (Å²) in [7, 11) is 0. The number of nitrogens with one attached hydrogen (secondary N) is 1. The zero-order valence-corrected chi connectivity index (χ0v) is 17.7. The van der Waals surface area contributed by atoms with E-state index in [1.54, 1.807) is 11.0 Å². The van der Waals surface area contributed by atoms with Gasteiger partial charge in [-0.05, 0) is 50.5 Å². The van der Waals surface area contributed by atoms with Gasteiger partial charge in [-0.2, -0.15) is 5.10 Å². The van der Waals surface area contributed by atoms with Gasteiger partial charge in [-0.1, -0.05) is 18.6 Å². The van der Waals surface area contributed by atoms with Crippen LogP contribution in [0.1, 0.15) is 59.7 Å². The summed E-state index contributed by atoms with van der Waals surface area (Å²) in [5.74, 6) is 0.910. The minimum absolute atomic E-state index is 0.128. The van der Waals surface area contributed by atoms with Crippen LogP contribution in [-0.4, -0.2) is 35.2 Å². The lowest BCUT2D eigenvalue weighted by Crippen LogP contribution is -2.27. The minimum Gasteiger partial charge on any atom is -0.345 e. The molecular formula is C23H25N7O. The van der Waals surface area contributed by atoms with Crippen molar-refractivity contribution < 1.29 is 4.79 Å². The van der Waals surface area contributed by atoms with Crippen LogP contribution in [0.2, 0.25) is 0 Å². The maximum absolute atomic E-state index is 13.2. The molecule has 158 valence electrons. The number of nitrogens with zero attached hydrogens (tertiary/aromatic N) is 6. The number of carbonyl (C=O) groups excluding carboxylic acids is 1. The van der Waals surface area contributed by atoms with Crippen LogP contribution in [0.4, 0.5) is 0 Å². The number of benzene rings is 1. The molecule has 8 heteroatoms. The van der Waals surface area contributed by atoms with E-state index in [-0.39, 0.29) is 11.9 Å². The van der Waals surface area contributed by atoms with Crippen LogP contribution in [0.15, 0.2) is 43.0 Å². The van der Waals surface area contributed by atoms with E-state index in [4.69, 9.17) is 9.97 Å². The van der Waals surface area contributed by atoms with Crippen LogP contribution in [0.25, 0.3) is 16.9 Å². The summed E-state index contributed by atoms with van der Waals surface area (Å²) < 4.78 is 3.89. The summed E-state index contributed by atoms with van der Waals surface area (Å²) >= 11 is 0. The Morgan fingerprint density at radius 3 is 2.74 bits per heavy atom. The molecule has 8 nitrogen and oxygen atoms in total. The predicted molar refractivity (Wildman–Crippen MR) is 117 cm³/mol. The van der Waals surface area contributed by atoms with Gasteiger partial charge in [0.2, 0.25) is 0 Å². The summed E-state index contributed by atoms with van der Waals surface area (Å²) in [4.78, 5) is 26.7. The maximum atomic E-state index is 13.2. The zero-order chi connectivity index (χ0) is 21.4. The van der Waals surface area contributed by atoms with Crippen molar-refractivity contribution in [2.24, 2.45) is 0 Å². The topological polar surface area (TPSA) is 90.5 Å². The van der Waals surface area contributed by atoms with Crippen LogP contribution in [0, 0.1) is 6.92 Å². The quantitative estimate of drug-likeness (QED) is 0.551. The first-order valence-electron chi connectivity index (χ1n) is 10.7. The van der Waals surface area contributed by atoms with Gasteiger partial charge in [-0.15, -0.1) is 0 Å². The van der Waals surface area contributed by atoms with Gasteiger partial charge in [0, 0.05) is 18.7 Å². The first-order chi connectivity index (χ1) is 15.1. The summed E-state index contributed by atoms with van der Waals surface area (Å²) in [5, 5.41) is 7.27.